The van der Waals surface area contributed by atoms with Gasteiger partial charge in [-0.25, -0.2) is 13.1 Å². The van der Waals surface area contributed by atoms with E-state index >= 15 is 0 Å². The van der Waals surface area contributed by atoms with E-state index in [0.717, 1.165) is 4.88 Å². The second kappa shape index (κ2) is 8.48. The number of sulfonamides is 1. The lowest BCUT2D eigenvalue weighted by atomic mass is 9.93. The van der Waals surface area contributed by atoms with Crippen LogP contribution in [0.15, 0.2) is 57.3 Å². The summed E-state index contributed by atoms with van der Waals surface area (Å²) in [5.41, 5.74) is 0.102. The molecule has 9 heteroatoms. The van der Waals surface area contributed by atoms with E-state index in [-0.39, 0.29) is 10.3 Å². The smallest absolute Gasteiger partial charge is 0.256 e. The van der Waals surface area contributed by atoms with Gasteiger partial charge in [-0.2, -0.15) is 0 Å². The van der Waals surface area contributed by atoms with Crippen LogP contribution >= 0.6 is 11.3 Å². The fraction of sp³-hybridized carbons (Fsp3) is 0.300. The number of anilines is 1. The Balaban J connectivity index is 1.61. The molecule has 0 fully saturated rings. The third-order valence-corrected chi connectivity index (χ3v) is 6.57. The molecule has 0 aliphatic heterocycles. The van der Waals surface area contributed by atoms with Gasteiger partial charge in [0.05, 0.1) is 4.90 Å². The second-order valence-corrected chi connectivity index (χ2v) is 10.3. The zero-order valence-corrected chi connectivity index (χ0v) is 18.1. The summed E-state index contributed by atoms with van der Waals surface area (Å²) in [7, 11) is -3.63. The first-order valence-corrected chi connectivity index (χ1v) is 11.4. The monoisotopic (exact) mass is 433 g/mol. The van der Waals surface area contributed by atoms with Crippen LogP contribution in [0.1, 0.15) is 41.8 Å². The maximum Gasteiger partial charge on any atom is 0.256 e. The van der Waals surface area contributed by atoms with Crippen molar-refractivity contribution in [1.82, 2.24) is 9.88 Å². The highest BCUT2D eigenvalue weighted by atomic mass is 32.2. The molecule has 3 aromatic rings. The number of amides is 1. The van der Waals surface area contributed by atoms with Crippen LogP contribution in [0.2, 0.25) is 0 Å². The van der Waals surface area contributed by atoms with E-state index in [1.54, 1.807) is 17.4 Å². The predicted molar refractivity (Wildman–Crippen MR) is 113 cm³/mol. The van der Waals surface area contributed by atoms with Gasteiger partial charge < -0.3 is 9.84 Å². The van der Waals surface area contributed by atoms with Crippen molar-refractivity contribution in [3.05, 3.63) is 64.0 Å². The van der Waals surface area contributed by atoms with E-state index < -0.39 is 15.9 Å². The summed E-state index contributed by atoms with van der Waals surface area (Å²) in [6.45, 7) is 6.25. The molecule has 2 heterocycles. The van der Waals surface area contributed by atoms with Gasteiger partial charge >= 0.3 is 0 Å². The van der Waals surface area contributed by atoms with Crippen LogP contribution in [0.3, 0.4) is 0 Å². The van der Waals surface area contributed by atoms with Gasteiger partial charge in [0.15, 0.2) is 5.82 Å². The zero-order chi connectivity index (χ0) is 21.1. The quantitative estimate of drug-likeness (QED) is 0.590. The first-order valence-electron chi connectivity index (χ1n) is 9.06. The summed E-state index contributed by atoms with van der Waals surface area (Å²) in [6, 6.07) is 11.3. The molecule has 1 aromatic carbocycles. The van der Waals surface area contributed by atoms with E-state index in [1.165, 1.54) is 24.3 Å². The van der Waals surface area contributed by atoms with Crippen molar-refractivity contribution in [3.8, 4) is 0 Å². The number of carbonyl (C=O) groups excluding carboxylic acids is 1. The molecule has 29 heavy (non-hydrogen) atoms. The molecule has 0 bridgehead atoms. The summed E-state index contributed by atoms with van der Waals surface area (Å²) in [4.78, 5) is 13.6. The van der Waals surface area contributed by atoms with Gasteiger partial charge in [-0.15, -0.1) is 11.3 Å². The Morgan fingerprint density at radius 3 is 2.48 bits per heavy atom. The minimum absolute atomic E-state index is 0.108. The Morgan fingerprint density at radius 2 is 1.90 bits per heavy atom. The van der Waals surface area contributed by atoms with Gasteiger partial charge in [-0.05, 0) is 42.1 Å². The van der Waals surface area contributed by atoms with Crippen molar-refractivity contribution in [3.63, 3.8) is 0 Å². The number of aromatic nitrogens is 1. The van der Waals surface area contributed by atoms with Crippen LogP contribution in [0.5, 0.6) is 0 Å². The highest BCUT2D eigenvalue weighted by Gasteiger charge is 2.21. The molecule has 0 radical (unpaired) electrons. The van der Waals surface area contributed by atoms with Gasteiger partial charge in [-0.1, -0.05) is 32.0 Å². The third kappa shape index (κ3) is 5.53. The topological polar surface area (TPSA) is 101 Å². The van der Waals surface area contributed by atoms with Crippen molar-refractivity contribution in [1.29, 1.82) is 0 Å². The first kappa shape index (κ1) is 21.2. The summed E-state index contributed by atoms with van der Waals surface area (Å²) >= 11 is 1.59. The van der Waals surface area contributed by atoms with E-state index in [9.17, 15) is 13.2 Å². The first-order chi connectivity index (χ1) is 13.6. The van der Waals surface area contributed by atoms with Crippen LogP contribution in [0, 0.1) is 0 Å². The van der Waals surface area contributed by atoms with Crippen molar-refractivity contribution >= 4 is 33.1 Å². The Morgan fingerprint density at radius 1 is 1.17 bits per heavy atom. The fourth-order valence-corrected chi connectivity index (χ4v) is 4.25. The Kier molecular flexibility index (Phi) is 6.21. The maximum atomic E-state index is 12.4. The van der Waals surface area contributed by atoms with Crippen molar-refractivity contribution < 1.29 is 17.7 Å². The number of hydrogen-bond acceptors (Lipinski definition) is 6. The molecule has 1 amide bonds. The van der Waals surface area contributed by atoms with Gasteiger partial charge in [0.1, 0.15) is 5.76 Å². The van der Waals surface area contributed by atoms with E-state index in [1.807, 2.05) is 38.3 Å². The van der Waals surface area contributed by atoms with E-state index in [2.05, 4.69) is 15.2 Å². The molecular weight excluding hydrogens is 410 g/mol. The number of benzene rings is 1. The van der Waals surface area contributed by atoms with Gasteiger partial charge in [0.25, 0.3) is 5.91 Å². The highest BCUT2D eigenvalue weighted by molar-refractivity contribution is 7.89. The van der Waals surface area contributed by atoms with Crippen LogP contribution in [-0.2, 0) is 21.9 Å². The molecule has 0 unspecified atom stereocenters. The molecule has 0 aliphatic carbocycles. The Hall–Kier alpha value is -2.49. The summed E-state index contributed by atoms with van der Waals surface area (Å²) in [5.74, 6) is 0.572. The van der Waals surface area contributed by atoms with Crippen LogP contribution in [-0.4, -0.2) is 26.0 Å². The zero-order valence-electron chi connectivity index (χ0n) is 16.4. The van der Waals surface area contributed by atoms with Crippen molar-refractivity contribution in [2.75, 3.05) is 11.9 Å². The van der Waals surface area contributed by atoms with Crippen LogP contribution in [0.4, 0.5) is 5.82 Å². The average Bonchev–Trinajstić information content (AvgIpc) is 3.33. The molecule has 0 atom stereocenters. The highest BCUT2D eigenvalue weighted by Crippen LogP contribution is 2.24. The Labute approximate surface area is 174 Å². The summed E-state index contributed by atoms with van der Waals surface area (Å²) in [6.07, 6.45) is 0.631. The number of nitrogens with zero attached hydrogens (tertiary/aromatic N) is 1. The van der Waals surface area contributed by atoms with Crippen molar-refractivity contribution in [2.24, 2.45) is 0 Å². The molecule has 2 aromatic heterocycles. The predicted octanol–water partition coefficient (Wildman–Crippen LogP) is 3.81. The maximum absolute atomic E-state index is 12.4. The van der Waals surface area contributed by atoms with E-state index in [0.29, 0.717) is 30.1 Å². The largest absolute Gasteiger partial charge is 0.359 e. The second-order valence-electron chi connectivity index (χ2n) is 7.53. The standard InChI is InChI=1S/C20H23N3O4S2/c1-20(2,3)17-13-18(23-27-17)22-19(24)14-6-8-16(9-7-14)29(25,26)21-11-10-15-5-4-12-28-15/h4-9,12-13,21H,10-11H2,1-3H3,(H,22,23,24). The normalized spacial score (nSPS) is 12.1. The Bertz CT molecular complexity index is 1060. The van der Waals surface area contributed by atoms with Crippen LogP contribution in [0.25, 0.3) is 0 Å². The lowest BCUT2D eigenvalue weighted by molar-refractivity contribution is 0.102. The number of rotatable bonds is 7. The molecule has 7 nitrogen and oxygen atoms in total. The number of nitrogens with one attached hydrogen (secondary N) is 2. The van der Waals surface area contributed by atoms with Gasteiger partial charge in [-0.3, -0.25) is 4.79 Å². The third-order valence-electron chi connectivity index (χ3n) is 4.16. The fourth-order valence-electron chi connectivity index (χ4n) is 2.51. The SMILES string of the molecule is CC(C)(C)c1cc(NC(=O)c2ccc(S(=O)(=O)NCCc3cccs3)cc2)no1. The average molecular weight is 434 g/mol. The lowest BCUT2D eigenvalue weighted by Crippen LogP contribution is -2.26. The molecule has 0 saturated carbocycles. The minimum Gasteiger partial charge on any atom is -0.359 e. The lowest BCUT2D eigenvalue weighted by Gasteiger charge is -2.12. The molecule has 2 N–H and O–H groups in total. The summed E-state index contributed by atoms with van der Waals surface area (Å²) in [5, 5.41) is 8.45. The van der Waals surface area contributed by atoms with Crippen LogP contribution < -0.4 is 10.0 Å². The van der Waals surface area contributed by atoms with E-state index in [4.69, 9.17) is 4.52 Å². The number of thiophene rings is 1. The number of hydrogen-bond donors (Lipinski definition) is 2. The van der Waals surface area contributed by atoms with Gasteiger partial charge in [0, 0.05) is 28.5 Å². The molecule has 154 valence electrons. The molecule has 0 saturated heterocycles. The van der Waals surface area contributed by atoms with Crippen molar-refractivity contribution in [2.45, 2.75) is 37.5 Å². The molecule has 3 rings (SSSR count). The van der Waals surface area contributed by atoms with Gasteiger partial charge in [0.2, 0.25) is 10.0 Å². The molecule has 0 spiro atoms. The molecular formula is C20H23N3O4S2. The molecule has 0 aliphatic rings. The number of carbonyl (C=O) groups is 1. The minimum atomic E-state index is -3.63. The summed E-state index contributed by atoms with van der Waals surface area (Å²) < 4.78 is 32.6.